The van der Waals surface area contributed by atoms with Gasteiger partial charge in [0.1, 0.15) is 5.58 Å². The van der Waals surface area contributed by atoms with Crippen molar-refractivity contribution in [1.82, 2.24) is 0 Å². The Morgan fingerprint density at radius 3 is 2.54 bits per heavy atom. The number of carbonyl (C=O) groups excluding carboxylic acids is 2. The number of hydrogen-bond acceptors (Lipinski definition) is 4. The van der Waals surface area contributed by atoms with Crippen LogP contribution in [-0.2, 0) is 20.7 Å². The zero-order chi connectivity index (χ0) is 20.4. The molecule has 1 heterocycles. The summed E-state index contributed by atoms with van der Waals surface area (Å²) in [5.74, 6) is -0.826. The van der Waals surface area contributed by atoms with E-state index in [4.69, 9.17) is 9.15 Å². The topological polar surface area (TPSA) is 68.5 Å². The molecule has 0 aliphatic rings. The first kappa shape index (κ1) is 19.7. The zero-order valence-electron chi connectivity index (χ0n) is 16.9. The van der Waals surface area contributed by atoms with Gasteiger partial charge in [0.2, 0.25) is 0 Å². The van der Waals surface area contributed by atoms with Crippen LogP contribution < -0.4 is 5.32 Å². The van der Waals surface area contributed by atoms with E-state index >= 15 is 0 Å². The third kappa shape index (κ3) is 4.09. The van der Waals surface area contributed by atoms with Crippen LogP contribution in [0, 0.1) is 27.7 Å². The second kappa shape index (κ2) is 7.89. The molecule has 0 aliphatic carbocycles. The second-order valence-electron chi connectivity index (χ2n) is 7.26. The summed E-state index contributed by atoms with van der Waals surface area (Å²) in [6.45, 7) is 9.49. The zero-order valence-corrected chi connectivity index (χ0v) is 16.9. The molecule has 1 N–H and O–H groups in total. The van der Waals surface area contributed by atoms with Crippen LogP contribution in [0.5, 0.6) is 0 Å². The van der Waals surface area contributed by atoms with Gasteiger partial charge in [-0.15, -0.1) is 0 Å². The first-order chi connectivity index (χ1) is 13.3. The van der Waals surface area contributed by atoms with Gasteiger partial charge in [0.15, 0.2) is 6.10 Å². The van der Waals surface area contributed by atoms with E-state index in [0.717, 1.165) is 38.8 Å². The minimum Gasteiger partial charge on any atom is -0.464 e. The van der Waals surface area contributed by atoms with E-state index in [2.05, 4.69) is 5.32 Å². The smallest absolute Gasteiger partial charge is 0.311 e. The highest BCUT2D eigenvalue weighted by molar-refractivity contribution is 5.96. The number of anilines is 1. The summed E-state index contributed by atoms with van der Waals surface area (Å²) in [7, 11) is 0. The van der Waals surface area contributed by atoms with Gasteiger partial charge in [0.05, 0.1) is 12.7 Å². The number of amides is 1. The number of aryl methyl sites for hydroxylation is 4. The normalized spacial score (nSPS) is 12.0. The largest absolute Gasteiger partial charge is 0.464 e. The van der Waals surface area contributed by atoms with Crippen molar-refractivity contribution in [2.75, 3.05) is 5.32 Å². The maximum Gasteiger partial charge on any atom is 0.311 e. The number of nitrogens with one attached hydrogen (secondary N) is 1. The molecule has 5 heteroatoms. The summed E-state index contributed by atoms with van der Waals surface area (Å²) in [6.07, 6.45) is 0.741. The molecule has 0 aliphatic heterocycles. The van der Waals surface area contributed by atoms with Crippen molar-refractivity contribution in [3.05, 3.63) is 64.4 Å². The number of fused-ring (bicyclic) bond motifs is 1. The van der Waals surface area contributed by atoms with Gasteiger partial charge in [-0.3, -0.25) is 9.59 Å². The molecule has 0 radical (unpaired) electrons. The number of rotatable bonds is 5. The lowest BCUT2D eigenvalue weighted by Crippen LogP contribution is -2.30. The Morgan fingerprint density at radius 1 is 1.07 bits per heavy atom. The quantitative estimate of drug-likeness (QED) is 0.648. The van der Waals surface area contributed by atoms with E-state index in [9.17, 15) is 9.59 Å². The van der Waals surface area contributed by atoms with Crippen LogP contribution >= 0.6 is 0 Å². The Balaban J connectivity index is 1.64. The van der Waals surface area contributed by atoms with Gasteiger partial charge in [-0.2, -0.15) is 0 Å². The van der Waals surface area contributed by atoms with Crippen molar-refractivity contribution >= 4 is 28.5 Å². The van der Waals surface area contributed by atoms with E-state index < -0.39 is 12.1 Å². The molecular weight excluding hydrogens is 354 g/mol. The number of hydrogen-bond donors (Lipinski definition) is 1. The number of esters is 1. The average Bonchev–Trinajstić information content (AvgIpc) is 3.03. The summed E-state index contributed by atoms with van der Waals surface area (Å²) in [4.78, 5) is 24.7. The highest BCUT2D eigenvalue weighted by atomic mass is 16.5. The highest BCUT2D eigenvalue weighted by Crippen LogP contribution is 2.27. The third-order valence-electron chi connectivity index (χ3n) is 4.99. The van der Waals surface area contributed by atoms with Crippen LogP contribution in [0.3, 0.4) is 0 Å². The van der Waals surface area contributed by atoms with Gasteiger partial charge >= 0.3 is 5.97 Å². The first-order valence-corrected chi connectivity index (χ1v) is 9.30. The predicted molar refractivity (Wildman–Crippen MR) is 109 cm³/mol. The molecule has 3 rings (SSSR count). The Morgan fingerprint density at radius 2 is 1.82 bits per heavy atom. The molecule has 1 atom stereocenters. The molecule has 0 saturated heterocycles. The van der Waals surface area contributed by atoms with Crippen molar-refractivity contribution in [2.24, 2.45) is 0 Å². The van der Waals surface area contributed by atoms with Gasteiger partial charge in [-0.25, -0.2) is 0 Å². The molecule has 28 heavy (non-hydrogen) atoms. The van der Waals surface area contributed by atoms with Crippen molar-refractivity contribution in [1.29, 1.82) is 0 Å². The van der Waals surface area contributed by atoms with Gasteiger partial charge in [0.25, 0.3) is 5.91 Å². The van der Waals surface area contributed by atoms with Crippen LogP contribution in [0.25, 0.3) is 11.0 Å². The number of benzene rings is 2. The van der Waals surface area contributed by atoms with Gasteiger partial charge in [0, 0.05) is 16.6 Å². The molecule has 0 saturated carbocycles. The second-order valence-corrected chi connectivity index (χ2v) is 7.26. The van der Waals surface area contributed by atoms with Gasteiger partial charge < -0.3 is 14.5 Å². The lowest BCUT2D eigenvalue weighted by Gasteiger charge is -2.15. The summed E-state index contributed by atoms with van der Waals surface area (Å²) < 4.78 is 11.0. The van der Waals surface area contributed by atoms with Crippen molar-refractivity contribution in [2.45, 2.75) is 47.1 Å². The van der Waals surface area contributed by atoms with Crippen LogP contribution in [0.4, 0.5) is 5.69 Å². The molecule has 1 amide bonds. The highest BCUT2D eigenvalue weighted by Gasteiger charge is 2.20. The maximum atomic E-state index is 12.4. The molecule has 0 fully saturated rings. The molecule has 0 bridgehead atoms. The van der Waals surface area contributed by atoms with E-state index in [1.807, 2.05) is 58.0 Å². The SMILES string of the molecule is Cc1ccc(NC(=O)[C@@H](C)OC(=O)Cc2coc3c(C)c(C)ccc23)c(C)c1. The lowest BCUT2D eigenvalue weighted by atomic mass is 10.0. The van der Waals surface area contributed by atoms with Gasteiger partial charge in [-0.1, -0.05) is 29.8 Å². The molecule has 5 nitrogen and oxygen atoms in total. The predicted octanol–water partition coefficient (Wildman–Crippen LogP) is 4.78. The fraction of sp³-hybridized carbons (Fsp3) is 0.304. The number of ether oxygens (including phenoxy) is 1. The monoisotopic (exact) mass is 379 g/mol. The van der Waals surface area contributed by atoms with E-state index in [1.165, 1.54) is 0 Å². The molecule has 3 aromatic rings. The molecule has 0 spiro atoms. The molecular formula is C23H25NO4. The van der Waals surface area contributed by atoms with Gasteiger partial charge in [-0.05, 0) is 57.4 Å². The minimum absolute atomic E-state index is 0.0523. The molecule has 146 valence electrons. The van der Waals surface area contributed by atoms with Crippen molar-refractivity contribution < 1.29 is 18.7 Å². The number of carbonyl (C=O) groups is 2. The molecule has 0 unspecified atom stereocenters. The van der Waals surface area contributed by atoms with Crippen LogP contribution in [0.15, 0.2) is 41.0 Å². The van der Waals surface area contributed by atoms with E-state index in [-0.39, 0.29) is 12.3 Å². The summed E-state index contributed by atoms with van der Waals surface area (Å²) in [6, 6.07) is 9.70. The lowest BCUT2D eigenvalue weighted by molar-refractivity contribution is -0.152. The molecule has 1 aromatic heterocycles. The fourth-order valence-corrected chi connectivity index (χ4v) is 3.16. The standard InChI is InChI=1S/C23H25NO4/c1-13-6-9-20(15(3)10-13)24-23(26)17(5)28-21(25)11-18-12-27-22-16(4)14(2)7-8-19(18)22/h6-10,12,17H,11H2,1-5H3,(H,24,26)/t17-/m1/s1. The average molecular weight is 379 g/mol. The van der Waals surface area contributed by atoms with E-state index in [0.29, 0.717) is 5.69 Å². The Kier molecular flexibility index (Phi) is 5.54. The summed E-state index contributed by atoms with van der Waals surface area (Å²) in [5.41, 5.74) is 6.51. The fourth-order valence-electron chi connectivity index (χ4n) is 3.16. The molecule has 2 aromatic carbocycles. The van der Waals surface area contributed by atoms with E-state index in [1.54, 1.807) is 13.2 Å². The third-order valence-corrected chi connectivity index (χ3v) is 4.99. The van der Waals surface area contributed by atoms with Crippen molar-refractivity contribution in [3.8, 4) is 0 Å². The van der Waals surface area contributed by atoms with Crippen molar-refractivity contribution in [3.63, 3.8) is 0 Å². The minimum atomic E-state index is -0.893. The summed E-state index contributed by atoms with van der Waals surface area (Å²) in [5, 5.41) is 3.71. The Bertz CT molecular complexity index is 1050. The first-order valence-electron chi connectivity index (χ1n) is 9.30. The van der Waals surface area contributed by atoms with Crippen LogP contribution in [0.1, 0.15) is 34.7 Å². The Hall–Kier alpha value is -3.08. The summed E-state index contributed by atoms with van der Waals surface area (Å²) >= 11 is 0. The number of furan rings is 1. The van der Waals surface area contributed by atoms with Crippen LogP contribution in [-0.4, -0.2) is 18.0 Å². The van der Waals surface area contributed by atoms with Crippen LogP contribution in [0.2, 0.25) is 0 Å². The Labute approximate surface area is 164 Å². The maximum absolute atomic E-state index is 12.4.